The molecule has 0 radical (unpaired) electrons. The number of rotatable bonds is 7. The highest BCUT2D eigenvalue weighted by molar-refractivity contribution is 9.10. The van der Waals surface area contributed by atoms with Crippen molar-refractivity contribution in [3.8, 4) is 0 Å². The summed E-state index contributed by atoms with van der Waals surface area (Å²) in [7, 11) is 0. The van der Waals surface area contributed by atoms with Gasteiger partial charge in [-0.3, -0.25) is 14.7 Å². The molecule has 1 aromatic heterocycles. The number of thiazole rings is 1. The van der Waals surface area contributed by atoms with E-state index in [2.05, 4.69) is 26.2 Å². The van der Waals surface area contributed by atoms with Gasteiger partial charge in [0.25, 0.3) is 0 Å². The van der Waals surface area contributed by atoms with E-state index in [0.717, 1.165) is 15.6 Å². The molecule has 3 N–H and O–H groups in total. The second-order valence-electron chi connectivity index (χ2n) is 8.15. The lowest BCUT2D eigenvalue weighted by Crippen LogP contribution is -2.43. The van der Waals surface area contributed by atoms with Crippen molar-refractivity contribution in [2.45, 2.75) is 38.5 Å². The molecular weight excluding hydrogens is 524 g/mol. The second kappa shape index (κ2) is 10.3. The van der Waals surface area contributed by atoms with Crippen LogP contribution in [0.4, 0.5) is 0 Å². The van der Waals surface area contributed by atoms with Crippen LogP contribution >= 0.6 is 27.3 Å². The Balaban J connectivity index is 1.84. The van der Waals surface area contributed by atoms with Crippen LogP contribution in [0, 0.1) is 6.92 Å². The van der Waals surface area contributed by atoms with Crippen molar-refractivity contribution in [1.82, 2.24) is 15.2 Å². The number of esters is 1. The molecule has 0 spiro atoms. The van der Waals surface area contributed by atoms with Crippen molar-refractivity contribution >= 4 is 45.0 Å². The van der Waals surface area contributed by atoms with E-state index < -0.39 is 30.1 Å². The monoisotopic (exact) mass is 548 g/mol. The number of aromatic nitrogens is 1. The van der Waals surface area contributed by atoms with Crippen LogP contribution in [0.3, 0.4) is 0 Å². The molecule has 11 heteroatoms. The molecule has 2 aromatic rings. The second-order valence-corrected chi connectivity index (χ2v) is 9.90. The number of carboxylic acid groups (broad SMARTS) is 1. The normalized spacial score (nSPS) is 22.9. The molecular formula is C23H25BrN4O5S. The number of ether oxygens (including phenoxy) is 1. The van der Waals surface area contributed by atoms with Crippen LogP contribution in [-0.2, 0) is 14.3 Å². The summed E-state index contributed by atoms with van der Waals surface area (Å²) in [6, 6.07) is 4.25. The molecule has 0 amide bonds. The first-order valence-electron chi connectivity index (χ1n) is 10.8. The minimum Gasteiger partial charge on any atom is -0.480 e. The number of aliphatic hydroxyl groups is 1. The number of amidine groups is 1. The molecule has 1 aromatic carbocycles. The van der Waals surface area contributed by atoms with Crippen LogP contribution in [0.25, 0.3) is 0 Å². The van der Waals surface area contributed by atoms with Gasteiger partial charge in [0.1, 0.15) is 12.1 Å². The highest BCUT2D eigenvalue weighted by atomic mass is 79.9. The number of carboxylic acids is 1. The van der Waals surface area contributed by atoms with E-state index in [1.165, 1.54) is 11.3 Å². The minimum atomic E-state index is -1.02. The lowest BCUT2D eigenvalue weighted by atomic mass is 9.94. The van der Waals surface area contributed by atoms with Gasteiger partial charge >= 0.3 is 11.9 Å². The molecule has 0 aliphatic carbocycles. The Bertz CT molecular complexity index is 1150. The molecule has 3 heterocycles. The Hall–Kier alpha value is -2.60. The maximum absolute atomic E-state index is 13.2. The van der Waals surface area contributed by atoms with Crippen LogP contribution in [-0.4, -0.2) is 69.7 Å². The third-order valence-corrected chi connectivity index (χ3v) is 7.20. The van der Waals surface area contributed by atoms with Crippen molar-refractivity contribution in [2.24, 2.45) is 4.99 Å². The van der Waals surface area contributed by atoms with Crippen molar-refractivity contribution in [2.75, 3.05) is 19.7 Å². The fourth-order valence-corrected chi connectivity index (χ4v) is 5.51. The third-order valence-electron chi connectivity index (χ3n) is 5.73. The van der Waals surface area contributed by atoms with Gasteiger partial charge in [0.2, 0.25) is 0 Å². The number of hydrogen-bond acceptors (Lipinski definition) is 9. The Labute approximate surface area is 209 Å². The summed E-state index contributed by atoms with van der Waals surface area (Å²) in [5.41, 5.74) is 2.61. The summed E-state index contributed by atoms with van der Waals surface area (Å²) in [5, 5.41) is 25.5. The molecule has 9 nitrogen and oxygen atoms in total. The standard InChI is InChI=1S/C23H25BrN4O5S/c1-3-33-23(32)18-16(11-28-10-13(29)9-17(28)22(30)31)26-20(21-25-6-7-34-21)27-19(18)14-5-4-12(2)8-15(14)24/h4-8,13,17,19,29H,3,9-11H2,1-2H3,(H,26,27)(H,30,31). The number of benzene rings is 1. The quantitative estimate of drug-likeness (QED) is 0.451. The largest absolute Gasteiger partial charge is 0.480 e. The maximum Gasteiger partial charge on any atom is 0.338 e. The molecule has 34 heavy (non-hydrogen) atoms. The molecule has 2 aliphatic rings. The molecule has 180 valence electrons. The van der Waals surface area contributed by atoms with E-state index in [4.69, 9.17) is 9.73 Å². The summed E-state index contributed by atoms with van der Waals surface area (Å²) < 4.78 is 6.19. The third kappa shape index (κ3) is 5.07. The van der Waals surface area contributed by atoms with E-state index in [1.807, 2.05) is 30.5 Å². The van der Waals surface area contributed by atoms with Crippen molar-refractivity contribution in [3.05, 3.63) is 61.7 Å². The predicted octanol–water partition coefficient (Wildman–Crippen LogP) is 2.64. The summed E-state index contributed by atoms with van der Waals surface area (Å²) in [6.45, 7) is 4.17. The van der Waals surface area contributed by atoms with E-state index in [1.54, 1.807) is 18.0 Å². The number of aliphatic imine (C=N–C) groups is 1. The van der Waals surface area contributed by atoms with E-state index >= 15 is 0 Å². The Kier molecular flexibility index (Phi) is 7.46. The van der Waals surface area contributed by atoms with Gasteiger partial charge in [-0.25, -0.2) is 9.78 Å². The average molecular weight is 549 g/mol. The van der Waals surface area contributed by atoms with Gasteiger partial charge in [0, 0.05) is 41.3 Å². The molecule has 1 saturated heterocycles. The zero-order valence-electron chi connectivity index (χ0n) is 18.7. The molecule has 2 aliphatic heterocycles. The zero-order valence-corrected chi connectivity index (χ0v) is 21.1. The van der Waals surface area contributed by atoms with Gasteiger partial charge in [-0.15, -0.1) is 11.3 Å². The highest BCUT2D eigenvalue weighted by Gasteiger charge is 2.39. The number of aryl methyl sites for hydroxylation is 1. The summed E-state index contributed by atoms with van der Waals surface area (Å²) in [6.07, 6.45) is 1.03. The van der Waals surface area contributed by atoms with Crippen LogP contribution in [0.5, 0.6) is 0 Å². The number of hydrogen-bond donors (Lipinski definition) is 3. The summed E-state index contributed by atoms with van der Waals surface area (Å²) in [4.78, 5) is 35.9. The first-order valence-corrected chi connectivity index (χ1v) is 12.5. The fourth-order valence-electron chi connectivity index (χ4n) is 4.21. The van der Waals surface area contributed by atoms with Crippen LogP contribution in [0.2, 0.25) is 0 Å². The van der Waals surface area contributed by atoms with Crippen molar-refractivity contribution in [3.63, 3.8) is 0 Å². The number of halogens is 1. The Morgan fingerprint density at radius 1 is 1.38 bits per heavy atom. The number of β-amino-alcohol motifs (C(OH)–C–C–N with tert-alkyl or cyclic N) is 1. The summed E-state index contributed by atoms with van der Waals surface area (Å²) in [5.74, 6) is -1.06. The molecule has 4 rings (SSSR count). The van der Waals surface area contributed by atoms with Crippen molar-refractivity contribution in [1.29, 1.82) is 0 Å². The number of aliphatic carboxylic acids is 1. The molecule has 3 atom stereocenters. The smallest absolute Gasteiger partial charge is 0.338 e. The van der Waals surface area contributed by atoms with Crippen LogP contribution < -0.4 is 5.32 Å². The van der Waals surface area contributed by atoms with Crippen LogP contribution in [0.1, 0.15) is 35.5 Å². The van der Waals surface area contributed by atoms with Gasteiger partial charge in [0.05, 0.1) is 18.3 Å². The average Bonchev–Trinajstić information content (AvgIpc) is 3.43. The fraction of sp³-hybridized carbons (Fsp3) is 0.391. The molecule has 0 saturated carbocycles. The lowest BCUT2D eigenvalue weighted by molar-refractivity contribution is -0.142. The molecule has 1 fully saturated rings. The SMILES string of the molecule is CCOC(=O)C1=C(CN2CC(O)CC2C(=O)O)NC(c2nccs2)=NC1c1ccc(C)cc1Br. The van der Waals surface area contributed by atoms with E-state index in [9.17, 15) is 19.8 Å². The van der Waals surface area contributed by atoms with Gasteiger partial charge in [-0.2, -0.15) is 0 Å². The Morgan fingerprint density at radius 2 is 2.18 bits per heavy atom. The summed E-state index contributed by atoms with van der Waals surface area (Å²) >= 11 is 5.01. The number of carbonyl (C=O) groups is 2. The van der Waals surface area contributed by atoms with E-state index in [-0.39, 0.29) is 26.1 Å². The van der Waals surface area contributed by atoms with Crippen LogP contribution in [0.15, 0.2) is 50.5 Å². The highest BCUT2D eigenvalue weighted by Crippen LogP contribution is 2.37. The topological polar surface area (TPSA) is 124 Å². The molecule has 3 unspecified atom stereocenters. The zero-order chi connectivity index (χ0) is 24.4. The minimum absolute atomic E-state index is 0.104. The number of carbonyl (C=O) groups excluding carboxylic acids is 1. The first-order chi connectivity index (χ1) is 16.3. The lowest BCUT2D eigenvalue weighted by Gasteiger charge is -2.30. The van der Waals surface area contributed by atoms with E-state index in [0.29, 0.717) is 22.1 Å². The van der Waals surface area contributed by atoms with Gasteiger partial charge in [-0.1, -0.05) is 28.1 Å². The Morgan fingerprint density at radius 3 is 2.82 bits per heavy atom. The predicted molar refractivity (Wildman–Crippen MR) is 131 cm³/mol. The van der Waals surface area contributed by atoms with Gasteiger partial charge in [0.15, 0.2) is 10.8 Å². The maximum atomic E-state index is 13.2. The molecule has 0 bridgehead atoms. The number of nitrogens with zero attached hydrogens (tertiary/aromatic N) is 3. The first kappa shape index (κ1) is 24.5. The van der Waals surface area contributed by atoms with Gasteiger partial charge < -0.3 is 20.3 Å². The van der Waals surface area contributed by atoms with Crippen molar-refractivity contribution < 1.29 is 24.5 Å². The number of aliphatic hydroxyl groups excluding tert-OH is 1. The van der Waals surface area contributed by atoms with Gasteiger partial charge in [-0.05, 0) is 31.0 Å². The number of likely N-dealkylation sites (tertiary alicyclic amines) is 1. The number of nitrogens with one attached hydrogen (secondary N) is 1.